The quantitative estimate of drug-likeness (QED) is 0.942. The van der Waals surface area contributed by atoms with Crippen LogP contribution in [0.5, 0.6) is 0 Å². The number of piperazine rings is 1. The highest BCUT2D eigenvalue weighted by Gasteiger charge is 2.19. The smallest absolute Gasteiger partial charge is 0.238 e. The van der Waals surface area contributed by atoms with Crippen molar-refractivity contribution in [1.29, 1.82) is 0 Å². The maximum absolute atomic E-state index is 13.5. The van der Waals surface area contributed by atoms with Gasteiger partial charge in [0.05, 0.1) is 12.2 Å². The Hall–Kier alpha value is -2.40. The van der Waals surface area contributed by atoms with E-state index in [2.05, 4.69) is 27.2 Å². The molecule has 1 amide bonds. The fourth-order valence-electron chi connectivity index (χ4n) is 2.76. The number of hydrogen-bond donors (Lipinski definition) is 1. The number of carbonyl (C=O) groups is 1. The predicted octanol–water partition coefficient (Wildman–Crippen LogP) is 2.59. The first-order valence-corrected chi connectivity index (χ1v) is 7.79. The first-order chi connectivity index (χ1) is 11.2. The van der Waals surface area contributed by atoms with Crippen LogP contribution >= 0.6 is 0 Å². The predicted molar refractivity (Wildman–Crippen MR) is 90.1 cm³/mol. The van der Waals surface area contributed by atoms with Crippen LogP contribution in [0.25, 0.3) is 0 Å². The van der Waals surface area contributed by atoms with E-state index in [9.17, 15) is 9.18 Å². The Morgan fingerprint density at radius 3 is 2.30 bits per heavy atom. The number of anilines is 2. The molecule has 3 rings (SSSR count). The normalized spacial score (nSPS) is 15.4. The topological polar surface area (TPSA) is 35.6 Å². The third kappa shape index (κ3) is 4.07. The van der Waals surface area contributed by atoms with Crippen LogP contribution in [0, 0.1) is 5.82 Å². The second-order valence-electron chi connectivity index (χ2n) is 5.63. The molecule has 0 aromatic heterocycles. The SMILES string of the molecule is O=C(CN1CCN(c2ccccc2)CC1)Nc1ccccc1F. The molecule has 0 aliphatic carbocycles. The van der Waals surface area contributed by atoms with Gasteiger partial charge in [0.2, 0.25) is 5.91 Å². The molecular formula is C18H20FN3O. The van der Waals surface area contributed by atoms with E-state index in [1.807, 2.05) is 18.2 Å². The summed E-state index contributed by atoms with van der Waals surface area (Å²) < 4.78 is 13.5. The third-order valence-electron chi connectivity index (χ3n) is 4.01. The Balaban J connectivity index is 1.49. The number of nitrogens with one attached hydrogen (secondary N) is 1. The highest BCUT2D eigenvalue weighted by Crippen LogP contribution is 2.16. The molecule has 0 saturated carbocycles. The van der Waals surface area contributed by atoms with Gasteiger partial charge in [-0.25, -0.2) is 4.39 Å². The van der Waals surface area contributed by atoms with Crippen molar-refractivity contribution in [3.05, 3.63) is 60.4 Å². The van der Waals surface area contributed by atoms with Gasteiger partial charge in [0.1, 0.15) is 5.82 Å². The number of carbonyl (C=O) groups excluding carboxylic acids is 1. The van der Waals surface area contributed by atoms with E-state index in [4.69, 9.17) is 0 Å². The van der Waals surface area contributed by atoms with Crippen LogP contribution in [-0.2, 0) is 4.79 Å². The molecule has 0 bridgehead atoms. The van der Waals surface area contributed by atoms with Crippen molar-refractivity contribution in [2.24, 2.45) is 0 Å². The second-order valence-corrected chi connectivity index (χ2v) is 5.63. The fourth-order valence-corrected chi connectivity index (χ4v) is 2.76. The van der Waals surface area contributed by atoms with Gasteiger partial charge in [0, 0.05) is 31.9 Å². The van der Waals surface area contributed by atoms with Gasteiger partial charge in [-0.3, -0.25) is 9.69 Å². The number of rotatable bonds is 4. The Morgan fingerprint density at radius 1 is 0.957 bits per heavy atom. The molecule has 0 unspecified atom stereocenters. The molecule has 0 radical (unpaired) electrons. The molecule has 1 aliphatic rings. The van der Waals surface area contributed by atoms with E-state index < -0.39 is 5.82 Å². The number of halogens is 1. The maximum atomic E-state index is 13.5. The Morgan fingerprint density at radius 2 is 1.61 bits per heavy atom. The van der Waals surface area contributed by atoms with Crippen LogP contribution in [0.1, 0.15) is 0 Å². The highest BCUT2D eigenvalue weighted by molar-refractivity contribution is 5.92. The number of amides is 1. The van der Waals surface area contributed by atoms with Crippen molar-refractivity contribution in [2.75, 3.05) is 42.9 Å². The lowest BCUT2D eigenvalue weighted by atomic mass is 10.2. The van der Waals surface area contributed by atoms with Crippen molar-refractivity contribution in [2.45, 2.75) is 0 Å². The number of para-hydroxylation sites is 2. The number of hydrogen-bond acceptors (Lipinski definition) is 3. The molecule has 1 fully saturated rings. The summed E-state index contributed by atoms with van der Waals surface area (Å²) >= 11 is 0. The van der Waals surface area contributed by atoms with Crippen LogP contribution in [0.3, 0.4) is 0 Å². The fraction of sp³-hybridized carbons (Fsp3) is 0.278. The molecule has 4 nitrogen and oxygen atoms in total. The van der Waals surface area contributed by atoms with Crippen LogP contribution in [0.2, 0.25) is 0 Å². The van der Waals surface area contributed by atoms with Crippen LogP contribution in [0.15, 0.2) is 54.6 Å². The van der Waals surface area contributed by atoms with Gasteiger partial charge in [0.15, 0.2) is 0 Å². The van der Waals surface area contributed by atoms with Crippen molar-refractivity contribution in [3.63, 3.8) is 0 Å². The number of nitrogens with zero attached hydrogens (tertiary/aromatic N) is 2. The van der Waals surface area contributed by atoms with E-state index in [0.717, 1.165) is 26.2 Å². The van der Waals surface area contributed by atoms with Gasteiger partial charge in [-0.1, -0.05) is 30.3 Å². The highest BCUT2D eigenvalue weighted by atomic mass is 19.1. The molecular weight excluding hydrogens is 293 g/mol. The molecule has 5 heteroatoms. The van der Waals surface area contributed by atoms with E-state index in [0.29, 0.717) is 0 Å². The molecule has 1 N–H and O–H groups in total. The molecule has 1 aliphatic heterocycles. The van der Waals surface area contributed by atoms with Crippen molar-refractivity contribution in [1.82, 2.24) is 4.90 Å². The molecule has 120 valence electrons. The summed E-state index contributed by atoms with van der Waals surface area (Å²) in [5.74, 6) is -0.585. The Bertz CT molecular complexity index is 654. The Kier molecular flexibility index (Phi) is 4.88. The van der Waals surface area contributed by atoms with Crippen LogP contribution < -0.4 is 10.2 Å². The summed E-state index contributed by atoms with van der Waals surface area (Å²) in [6.45, 7) is 3.70. The van der Waals surface area contributed by atoms with Crippen LogP contribution in [0.4, 0.5) is 15.8 Å². The zero-order valence-electron chi connectivity index (χ0n) is 12.9. The van der Waals surface area contributed by atoms with Crippen molar-refractivity contribution < 1.29 is 9.18 Å². The number of benzene rings is 2. The summed E-state index contributed by atoms with van der Waals surface area (Å²) in [5.41, 5.74) is 1.45. The lowest BCUT2D eigenvalue weighted by Gasteiger charge is -2.35. The van der Waals surface area contributed by atoms with Gasteiger partial charge in [-0.2, -0.15) is 0 Å². The minimum absolute atomic E-state index is 0.178. The minimum Gasteiger partial charge on any atom is -0.369 e. The standard InChI is InChI=1S/C18H20FN3O/c19-16-8-4-5-9-17(16)20-18(23)14-21-10-12-22(13-11-21)15-6-2-1-3-7-15/h1-9H,10-14H2,(H,20,23). The first-order valence-electron chi connectivity index (χ1n) is 7.79. The summed E-state index contributed by atoms with van der Waals surface area (Å²) in [6, 6.07) is 16.5. The van der Waals surface area contributed by atoms with E-state index in [1.54, 1.807) is 18.2 Å². The molecule has 0 atom stereocenters. The van der Waals surface area contributed by atoms with Crippen molar-refractivity contribution >= 4 is 17.3 Å². The lowest BCUT2D eigenvalue weighted by Crippen LogP contribution is -2.48. The van der Waals surface area contributed by atoms with Crippen molar-refractivity contribution in [3.8, 4) is 0 Å². The average molecular weight is 313 g/mol. The molecule has 23 heavy (non-hydrogen) atoms. The maximum Gasteiger partial charge on any atom is 0.238 e. The third-order valence-corrected chi connectivity index (χ3v) is 4.01. The summed E-state index contributed by atoms with van der Waals surface area (Å²) in [6.07, 6.45) is 0. The van der Waals surface area contributed by atoms with Gasteiger partial charge in [-0.05, 0) is 24.3 Å². The molecule has 2 aromatic carbocycles. The minimum atomic E-state index is -0.408. The summed E-state index contributed by atoms with van der Waals surface area (Å²) in [5, 5.41) is 2.63. The molecule has 1 heterocycles. The monoisotopic (exact) mass is 313 g/mol. The lowest BCUT2D eigenvalue weighted by molar-refractivity contribution is -0.117. The van der Waals surface area contributed by atoms with Gasteiger partial charge >= 0.3 is 0 Å². The van der Waals surface area contributed by atoms with Gasteiger partial charge in [-0.15, -0.1) is 0 Å². The van der Waals surface area contributed by atoms with E-state index in [1.165, 1.54) is 11.8 Å². The van der Waals surface area contributed by atoms with E-state index in [-0.39, 0.29) is 18.1 Å². The van der Waals surface area contributed by atoms with Gasteiger partial charge in [0.25, 0.3) is 0 Å². The van der Waals surface area contributed by atoms with E-state index >= 15 is 0 Å². The van der Waals surface area contributed by atoms with Crippen LogP contribution in [-0.4, -0.2) is 43.5 Å². The molecule has 0 spiro atoms. The zero-order chi connectivity index (χ0) is 16.1. The first kappa shape index (κ1) is 15.5. The summed E-state index contributed by atoms with van der Waals surface area (Å²) in [7, 11) is 0. The molecule has 2 aromatic rings. The van der Waals surface area contributed by atoms with Gasteiger partial charge < -0.3 is 10.2 Å². The average Bonchev–Trinajstić information content (AvgIpc) is 2.58. The second kappa shape index (κ2) is 7.24. The Labute approximate surface area is 135 Å². The molecule has 1 saturated heterocycles. The zero-order valence-corrected chi connectivity index (χ0v) is 12.9. The summed E-state index contributed by atoms with van der Waals surface area (Å²) in [4.78, 5) is 16.5. The largest absolute Gasteiger partial charge is 0.369 e.